The van der Waals surface area contributed by atoms with Crippen LogP contribution in [-0.4, -0.2) is 29.3 Å². The van der Waals surface area contributed by atoms with Crippen molar-refractivity contribution in [2.75, 3.05) is 6.54 Å². The number of halogens is 1. The molecule has 2 N–H and O–H groups in total. The fourth-order valence-electron chi connectivity index (χ4n) is 4.46. The third-order valence-corrected chi connectivity index (χ3v) is 7.89. The summed E-state index contributed by atoms with van der Waals surface area (Å²) in [5.74, 6) is -1.21. The lowest BCUT2D eigenvalue weighted by atomic mass is 9.80. The molecule has 2 atom stereocenters. The molecule has 0 saturated carbocycles. The van der Waals surface area contributed by atoms with Gasteiger partial charge in [0.1, 0.15) is 17.9 Å². The van der Waals surface area contributed by atoms with Gasteiger partial charge >= 0.3 is 6.03 Å². The van der Waals surface area contributed by atoms with E-state index in [9.17, 15) is 18.8 Å². The van der Waals surface area contributed by atoms with Crippen molar-refractivity contribution in [2.24, 2.45) is 0 Å². The van der Waals surface area contributed by atoms with Crippen LogP contribution in [-0.2, 0) is 21.5 Å². The van der Waals surface area contributed by atoms with Crippen LogP contribution in [0, 0.1) is 5.82 Å². The van der Waals surface area contributed by atoms with Gasteiger partial charge in [0.15, 0.2) is 0 Å². The lowest BCUT2D eigenvalue weighted by molar-refractivity contribution is -0.135. The monoisotopic (exact) mass is 469 g/mol. The van der Waals surface area contributed by atoms with E-state index in [0.29, 0.717) is 12.0 Å². The van der Waals surface area contributed by atoms with Gasteiger partial charge in [0.05, 0.1) is 6.04 Å². The number of hydrogen-bond acceptors (Lipinski definition) is 5. The van der Waals surface area contributed by atoms with Crippen molar-refractivity contribution >= 4 is 40.5 Å². The molecule has 1 aliphatic heterocycles. The van der Waals surface area contributed by atoms with Crippen LogP contribution in [0.1, 0.15) is 39.8 Å². The molecule has 1 aromatic carbocycles. The second-order valence-electron chi connectivity index (χ2n) is 7.91. The van der Waals surface area contributed by atoms with Crippen LogP contribution < -0.4 is 10.6 Å². The highest BCUT2D eigenvalue weighted by atomic mass is 32.1. The van der Waals surface area contributed by atoms with Crippen molar-refractivity contribution in [2.45, 2.75) is 30.8 Å². The number of amides is 4. The summed E-state index contributed by atoms with van der Waals surface area (Å²) in [5, 5.41) is 9.59. The number of hydrogen-bond donors (Lipinski definition) is 2. The minimum atomic E-state index is -1.07. The summed E-state index contributed by atoms with van der Waals surface area (Å²) in [6.07, 6.45) is 2.20. The number of nitrogens with zero attached hydrogens (tertiary/aromatic N) is 1. The normalized spacial score (nSPS) is 20.8. The van der Waals surface area contributed by atoms with E-state index < -0.39 is 23.5 Å². The fraction of sp³-hybridized carbons (Fsp3) is 0.261. The van der Waals surface area contributed by atoms with Crippen LogP contribution in [0.2, 0.25) is 0 Å². The van der Waals surface area contributed by atoms with E-state index >= 15 is 0 Å². The Bertz CT molecular complexity index is 1180. The average molecular weight is 470 g/mol. The molecule has 164 valence electrons. The number of aryl methyl sites for hydroxylation is 1. The molecule has 5 rings (SSSR count). The van der Waals surface area contributed by atoms with Crippen molar-refractivity contribution in [1.82, 2.24) is 15.5 Å². The molecule has 6 nitrogen and oxygen atoms in total. The number of benzene rings is 1. The minimum absolute atomic E-state index is 0.366. The maximum Gasteiger partial charge on any atom is 0.325 e. The van der Waals surface area contributed by atoms with Gasteiger partial charge in [0.2, 0.25) is 5.91 Å². The number of carbonyl (C=O) groups is 3. The van der Waals surface area contributed by atoms with Gasteiger partial charge in [-0.1, -0.05) is 18.2 Å². The van der Waals surface area contributed by atoms with Crippen molar-refractivity contribution in [1.29, 1.82) is 0 Å². The molecule has 1 fully saturated rings. The Hall–Kier alpha value is -3.04. The number of rotatable bonds is 5. The maximum absolute atomic E-state index is 13.4. The predicted octanol–water partition coefficient (Wildman–Crippen LogP) is 3.94. The van der Waals surface area contributed by atoms with Crippen molar-refractivity contribution in [3.05, 3.63) is 79.9 Å². The van der Waals surface area contributed by atoms with Gasteiger partial charge in [-0.15, -0.1) is 22.7 Å². The largest absolute Gasteiger partial charge is 0.343 e. The molecular formula is C23H20FN3O3S2. The Balaban J connectivity index is 1.36. The molecule has 2 aliphatic rings. The van der Waals surface area contributed by atoms with E-state index in [1.54, 1.807) is 23.5 Å². The summed E-state index contributed by atoms with van der Waals surface area (Å²) in [6, 6.07) is 10.5. The van der Waals surface area contributed by atoms with Gasteiger partial charge in [-0.05, 0) is 59.9 Å². The molecule has 1 saturated heterocycles. The topological polar surface area (TPSA) is 78.5 Å². The van der Waals surface area contributed by atoms with Crippen LogP contribution in [0.3, 0.4) is 0 Å². The number of carbonyl (C=O) groups excluding carboxylic acids is 3. The van der Waals surface area contributed by atoms with Gasteiger partial charge in [0.25, 0.3) is 5.91 Å². The highest BCUT2D eigenvalue weighted by Crippen LogP contribution is 2.42. The fourth-order valence-corrected chi connectivity index (χ4v) is 6.27. The molecule has 32 heavy (non-hydrogen) atoms. The highest BCUT2D eigenvalue weighted by Gasteiger charge is 2.54. The van der Waals surface area contributed by atoms with E-state index in [1.807, 2.05) is 29.0 Å². The minimum Gasteiger partial charge on any atom is -0.343 e. The molecule has 0 unspecified atom stereocenters. The zero-order valence-electron chi connectivity index (χ0n) is 17.0. The van der Waals surface area contributed by atoms with Gasteiger partial charge in [-0.25, -0.2) is 9.18 Å². The number of nitrogens with one attached hydrogen (secondary N) is 2. The summed E-state index contributed by atoms with van der Waals surface area (Å²) in [6.45, 7) is -0.380. The number of imide groups is 1. The number of urea groups is 1. The quantitative estimate of drug-likeness (QED) is 0.556. The third-order valence-electron chi connectivity index (χ3n) is 5.97. The lowest BCUT2D eigenvalue weighted by Crippen LogP contribution is -2.47. The Kier molecular flexibility index (Phi) is 5.30. The molecule has 1 spiro atoms. The molecule has 9 heteroatoms. The molecule has 3 heterocycles. The smallest absolute Gasteiger partial charge is 0.325 e. The van der Waals surface area contributed by atoms with Gasteiger partial charge in [-0.2, -0.15) is 0 Å². The predicted molar refractivity (Wildman–Crippen MR) is 120 cm³/mol. The van der Waals surface area contributed by atoms with Crippen molar-refractivity contribution in [3.8, 4) is 0 Å². The van der Waals surface area contributed by atoms with Crippen molar-refractivity contribution < 1.29 is 18.8 Å². The average Bonchev–Trinajstić information content (AvgIpc) is 3.52. The van der Waals surface area contributed by atoms with E-state index in [4.69, 9.17) is 0 Å². The Morgan fingerprint density at radius 1 is 1.16 bits per heavy atom. The summed E-state index contributed by atoms with van der Waals surface area (Å²) >= 11 is 3.04. The van der Waals surface area contributed by atoms with Gasteiger partial charge in [0, 0.05) is 15.3 Å². The first-order chi connectivity index (χ1) is 15.5. The molecule has 4 amide bonds. The van der Waals surface area contributed by atoms with E-state index in [0.717, 1.165) is 33.1 Å². The molecule has 0 radical (unpaired) electrons. The first kappa shape index (κ1) is 20.8. The Labute approximate surface area is 192 Å². The zero-order chi connectivity index (χ0) is 22.3. The first-order valence-electron chi connectivity index (χ1n) is 10.3. The SMILES string of the molecule is O=C(CN1C(=O)N[C@@]2(CCCc3sccc32)C1=O)N[C@@H](c1ccc(F)cc1)c1cccs1. The zero-order valence-corrected chi connectivity index (χ0v) is 18.6. The third kappa shape index (κ3) is 3.51. The summed E-state index contributed by atoms with van der Waals surface area (Å²) in [4.78, 5) is 42.0. The second-order valence-corrected chi connectivity index (χ2v) is 9.89. The maximum atomic E-state index is 13.4. The van der Waals surface area contributed by atoms with E-state index in [2.05, 4.69) is 10.6 Å². The van der Waals surface area contributed by atoms with Crippen LogP contribution in [0.5, 0.6) is 0 Å². The molecule has 3 aromatic rings. The standard InChI is InChI=1S/C23H20FN3O3S2/c24-15-7-5-14(6-8-15)20(18-4-2-11-31-18)25-19(28)13-27-21(29)23(26-22(27)30)10-1-3-17-16(23)9-12-32-17/h2,4-9,11-12,20H,1,3,10,13H2,(H,25,28)(H,26,30)/t20-,23+/m0/s1. The highest BCUT2D eigenvalue weighted by molar-refractivity contribution is 7.10. The van der Waals surface area contributed by atoms with Gasteiger partial charge < -0.3 is 10.6 Å². The van der Waals surface area contributed by atoms with Gasteiger partial charge in [-0.3, -0.25) is 14.5 Å². The number of fused-ring (bicyclic) bond motifs is 2. The van der Waals surface area contributed by atoms with Crippen LogP contribution in [0.15, 0.2) is 53.2 Å². The van der Waals surface area contributed by atoms with Crippen LogP contribution >= 0.6 is 22.7 Å². The summed E-state index contributed by atoms with van der Waals surface area (Å²) in [7, 11) is 0. The van der Waals surface area contributed by atoms with Crippen molar-refractivity contribution in [3.63, 3.8) is 0 Å². The number of thiophene rings is 2. The van der Waals surface area contributed by atoms with Crippen LogP contribution in [0.25, 0.3) is 0 Å². The summed E-state index contributed by atoms with van der Waals surface area (Å²) < 4.78 is 13.4. The first-order valence-corrected chi connectivity index (χ1v) is 12.0. The molecular weight excluding hydrogens is 449 g/mol. The molecule has 1 aliphatic carbocycles. The van der Waals surface area contributed by atoms with E-state index in [-0.39, 0.29) is 18.3 Å². The Morgan fingerprint density at radius 3 is 2.72 bits per heavy atom. The Morgan fingerprint density at radius 2 is 1.97 bits per heavy atom. The summed E-state index contributed by atoms with van der Waals surface area (Å²) in [5.41, 5.74) is 0.485. The van der Waals surface area contributed by atoms with Crippen LogP contribution in [0.4, 0.5) is 9.18 Å². The second kappa shape index (κ2) is 8.14. The lowest BCUT2D eigenvalue weighted by Gasteiger charge is -2.31. The van der Waals surface area contributed by atoms with E-state index in [1.165, 1.54) is 23.5 Å². The molecule has 2 aromatic heterocycles. The molecule has 0 bridgehead atoms.